The van der Waals surface area contributed by atoms with Crippen molar-refractivity contribution >= 4 is 17.9 Å². The molecular formula is C23H35N3O5. The first kappa shape index (κ1) is 24.5. The molecule has 1 aliphatic rings. The van der Waals surface area contributed by atoms with Crippen LogP contribution in [-0.2, 0) is 20.7 Å². The number of ether oxygens (including phenoxy) is 2. The van der Waals surface area contributed by atoms with Gasteiger partial charge in [0.05, 0.1) is 0 Å². The Labute approximate surface area is 184 Å². The molecule has 172 valence electrons. The maximum atomic E-state index is 12.3. The van der Waals surface area contributed by atoms with Gasteiger partial charge in [0.25, 0.3) is 5.91 Å². The van der Waals surface area contributed by atoms with E-state index in [1.807, 2.05) is 24.3 Å². The molecule has 0 aromatic heterocycles. The lowest BCUT2D eigenvalue weighted by Gasteiger charge is -2.32. The van der Waals surface area contributed by atoms with Gasteiger partial charge in [-0.15, -0.1) is 0 Å². The first-order chi connectivity index (χ1) is 14.7. The summed E-state index contributed by atoms with van der Waals surface area (Å²) in [5, 5.41) is 5.45. The lowest BCUT2D eigenvalue weighted by atomic mass is 10.0. The molecular weight excluding hydrogens is 398 g/mol. The molecule has 2 rings (SSSR count). The van der Waals surface area contributed by atoms with Gasteiger partial charge < -0.3 is 25.0 Å². The first-order valence-electron chi connectivity index (χ1n) is 10.9. The number of alkyl carbamates (subject to hydrolysis) is 1. The third kappa shape index (κ3) is 9.27. The summed E-state index contributed by atoms with van der Waals surface area (Å²) in [6, 6.07) is 7.80. The minimum Gasteiger partial charge on any atom is -0.484 e. The average molecular weight is 434 g/mol. The lowest BCUT2D eigenvalue weighted by Crippen LogP contribution is -2.49. The van der Waals surface area contributed by atoms with Gasteiger partial charge in [-0.1, -0.05) is 25.5 Å². The van der Waals surface area contributed by atoms with Crippen molar-refractivity contribution in [3.05, 3.63) is 29.8 Å². The van der Waals surface area contributed by atoms with Crippen LogP contribution < -0.4 is 15.4 Å². The Hall–Kier alpha value is -2.77. The summed E-state index contributed by atoms with van der Waals surface area (Å²) in [6.45, 7) is 8.35. The van der Waals surface area contributed by atoms with Crippen molar-refractivity contribution in [2.24, 2.45) is 0 Å². The summed E-state index contributed by atoms with van der Waals surface area (Å²) in [4.78, 5) is 37.8. The molecule has 0 radical (unpaired) electrons. The van der Waals surface area contributed by atoms with Gasteiger partial charge in [0, 0.05) is 19.1 Å². The molecule has 8 heteroatoms. The fourth-order valence-corrected chi connectivity index (χ4v) is 3.31. The van der Waals surface area contributed by atoms with Crippen LogP contribution in [0.1, 0.15) is 52.5 Å². The number of nitrogens with one attached hydrogen (secondary N) is 2. The number of nitrogens with zero attached hydrogens (tertiary/aromatic N) is 1. The van der Waals surface area contributed by atoms with Crippen molar-refractivity contribution in [2.45, 2.75) is 65.0 Å². The number of carbonyl (C=O) groups is 3. The van der Waals surface area contributed by atoms with Crippen molar-refractivity contribution < 1.29 is 23.9 Å². The number of piperidine rings is 1. The van der Waals surface area contributed by atoms with E-state index < -0.39 is 11.7 Å². The molecule has 1 heterocycles. The Morgan fingerprint density at radius 3 is 2.32 bits per heavy atom. The van der Waals surface area contributed by atoms with Crippen LogP contribution in [0.15, 0.2) is 24.3 Å². The fourth-order valence-electron chi connectivity index (χ4n) is 3.31. The van der Waals surface area contributed by atoms with Crippen LogP contribution in [0.5, 0.6) is 5.75 Å². The van der Waals surface area contributed by atoms with Gasteiger partial charge in [-0.3, -0.25) is 9.59 Å². The summed E-state index contributed by atoms with van der Waals surface area (Å²) < 4.78 is 10.7. The van der Waals surface area contributed by atoms with E-state index in [0.29, 0.717) is 31.7 Å². The quantitative estimate of drug-likeness (QED) is 0.657. The zero-order chi connectivity index (χ0) is 22.9. The van der Waals surface area contributed by atoms with E-state index in [-0.39, 0.29) is 31.0 Å². The van der Waals surface area contributed by atoms with E-state index in [2.05, 4.69) is 17.6 Å². The molecule has 3 amide bonds. The van der Waals surface area contributed by atoms with Crippen LogP contribution in [-0.4, -0.2) is 60.7 Å². The minimum absolute atomic E-state index is 0.00546. The number of benzene rings is 1. The van der Waals surface area contributed by atoms with Crippen molar-refractivity contribution in [1.29, 1.82) is 0 Å². The van der Waals surface area contributed by atoms with Gasteiger partial charge in [0.1, 0.15) is 17.9 Å². The number of likely N-dealkylation sites (tertiary alicyclic amines) is 1. The van der Waals surface area contributed by atoms with E-state index in [0.717, 1.165) is 12.8 Å². The van der Waals surface area contributed by atoms with Crippen molar-refractivity contribution in [3.8, 4) is 5.75 Å². The second-order valence-electron chi connectivity index (χ2n) is 8.76. The van der Waals surface area contributed by atoms with Crippen LogP contribution in [0, 0.1) is 0 Å². The highest BCUT2D eigenvalue weighted by Crippen LogP contribution is 2.14. The molecule has 0 spiro atoms. The van der Waals surface area contributed by atoms with Crippen molar-refractivity contribution in [2.75, 3.05) is 26.2 Å². The number of hydrogen-bond donors (Lipinski definition) is 2. The smallest absolute Gasteiger partial charge is 0.408 e. The van der Waals surface area contributed by atoms with Gasteiger partial charge in [-0.25, -0.2) is 4.79 Å². The molecule has 2 N–H and O–H groups in total. The summed E-state index contributed by atoms with van der Waals surface area (Å²) >= 11 is 0. The largest absolute Gasteiger partial charge is 0.484 e. The van der Waals surface area contributed by atoms with Gasteiger partial charge in [-0.2, -0.15) is 0 Å². The molecule has 1 aromatic rings. The van der Waals surface area contributed by atoms with E-state index >= 15 is 0 Å². The molecule has 1 fully saturated rings. The normalized spacial score (nSPS) is 14.6. The summed E-state index contributed by atoms with van der Waals surface area (Å²) in [7, 11) is 0. The maximum Gasteiger partial charge on any atom is 0.408 e. The minimum atomic E-state index is -0.608. The zero-order valence-electron chi connectivity index (χ0n) is 19.0. The fraction of sp³-hybridized carbons (Fsp3) is 0.609. The monoisotopic (exact) mass is 433 g/mol. The molecule has 0 bridgehead atoms. The molecule has 0 unspecified atom stereocenters. The highest BCUT2D eigenvalue weighted by Gasteiger charge is 2.24. The Morgan fingerprint density at radius 2 is 1.74 bits per heavy atom. The second kappa shape index (κ2) is 11.6. The molecule has 8 nitrogen and oxygen atoms in total. The summed E-state index contributed by atoms with van der Waals surface area (Å²) in [5.41, 5.74) is 0.647. The molecule has 1 aliphatic heterocycles. The Balaban J connectivity index is 1.65. The molecule has 31 heavy (non-hydrogen) atoms. The molecule has 0 atom stereocenters. The average Bonchev–Trinajstić information content (AvgIpc) is 2.71. The molecule has 0 saturated carbocycles. The Bertz CT molecular complexity index is 735. The standard InChI is InChI=1S/C23H35N3O5/c1-5-6-17-7-9-19(10-8-17)30-16-20(27)25-18-11-13-26(14-12-18)21(28)15-24-22(29)31-23(2,3)4/h7-10,18H,5-6,11-16H2,1-4H3,(H,24,29)(H,25,27). The lowest BCUT2D eigenvalue weighted by molar-refractivity contribution is -0.131. The molecule has 0 aliphatic carbocycles. The second-order valence-corrected chi connectivity index (χ2v) is 8.76. The van der Waals surface area contributed by atoms with E-state index in [4.69, 9.17) is 9.47 Å². The van der Waals surface area contributed by atoms with Gasteiger partial charge in [0.15, 0.2) is 6.61 Å². The van der Waals surface area contributed by atoms with E-state index in [1.165, 1.54) is 5.56 Å². The van der Waals surface area contributed by atoms with E-state index in [9.17, 15) is 14.4 Å². The van der Waals surface area contributed by atoms with Gasteiger partial charge in [0.2, 0.25) is 5.91 Å². The van der Waals surface area contributed by atoms with Crippen LogP contribution in [0.4, 0.5) is 4.79 Å². The highest BCUT2D eigenvalue weighted by molar-refractivity contribution is 5.82. The number of aryl methyl sites for hydroxylation is 1. The molecule has 1 aromatic carbocycles. The van der Waals surface area contributed by atoms with Crippen LogP contribution in [0.3, 0.4) is 0 Å². The number of rotatable bonds is 8. The van der Waals surface area contributed by atoms with Crippen LogP contribution in [0.2, 0.25) is 0 Å². The number of carbonyl (C=O) groups excluding carboxylic acids is 3. The van der Waals surface area contributed by atoms with Crippen LogP contribution >= 0.6 is 0 Å². The Kier molecular flexibility index (Phi) is 9.15. The van der Waals surface area contributed by atoms with Crippen LogP contribution in [0.25, 0.3) is 0 Å². The maximum absolute atomic E-state index is 12.3. The Morgan fingerprint density at radius 1 is 1.10 bits per heavy atom. The zero-order valence-corrected chi connectivity index (χ0v) is 19.0. The summed E-state index contributed by atoms with van der Waals surface area (Å²) in [5.74, 6) is 0.340. The van der Waals surface area contributed by atoms with E-state index in [1.54, 1.807) is 25.7 Å². The predicted molar refractivity (Wildman–Crippen MR) is 118 cm³/mol. The summed E-state index contributed by atoms with van der Waals surface area (Å²) in [6.07, 6.45) is 2.83. The highest BCUT2D eigenvalue weighted by atomic mass is 16.6. The van der Waals surface area contributed by atoms with Crippen molar-refractivity contribution in [1.82, 2.24) is 15.5 Å². The third-order valence-electron chi connectivity index (χ3n) is 4.83. The number of hydrogen-bond acceptors (Lipinski definition) is 5. The van der Waals surface area contributed by atoms with Gasteiger partial charge >= 0.3 is 6.09 Å². The molecule has 1 saturated heterocycles. The third-order valence-corrected chi connectivity index (χ3v) is 4.83. The van der Waals surface area contributed by atoms with Crippen molar-refractivity contribution in [3.63, 3.8) is 0 Å². The number of amides is 3. The van der Waals surface area contributed by atoms with Gasteiger partial charge in [-0.05, 0) is 57.7 Å². The predicted octanol–water partition coefficient (Wildman–Crippen LogP) is 2.65. The SMILES string of the molecule is CCCc1ccc(OCC(=O)NC2CCN(C(=O)CNC(=O)OC(C)(C)C)CC2)cc1. The first-order valence-corrected chi connectivity index (χ1v) is 10.9. The topological polar surface area (TPSA) is 97.0 Å².